The third kappa shape index (κ3) is 6.06. The summed E-state index contributed by atoms with van der Waals surface area (Å²) in [5.74, 6) is -0.105. The molecule has 0 spiro atoms. The van der Waals surface area contributed by atoms with E-state index in [-0.39, 0.29) is 34.2 Å². The van der Waals surface area contributed by atoms with E-state index in [1.165, 1.54) is 49.7 Å². The molecule has 0 saturated carbocycles. The first-order valence-corrected chi connectivity index (χ1v) is 13.3. The first-order valence-electron chi connectivity index (χ1n) is 11.4. The van der Waals surface area contributed by atoms with E-state index in [1.807, 2.05) is 0 Å². The number of sulfone groups is 1. The summed E-state index contributed by atoms with van der Waals surface area (Å²) in [6.07, 6.45) is 2.52. The van der Waals surface area contributed by atoms with E-state index in [0.717, 1.165) is 17.2 Å². The van der Waals surface area contributed by atoms with Crippen molar-refractivity contribution >= 4 is 38.1 Å². The zero-order valence-corrected chi connectivity index (χ0v) is 21.7. The molecule has 2 amide bonds. The number of urea groups is 1. The topological polar surface area (TPSA) is 145 Å². The monoisotopic (exact) mass is 550 g/mol. The van der Waals surface area contributed by atoms with Crippen molar-refractivity contribution in [2.75, 3.05) is 31.5 Å². The molecule has 1 heterocycles. The Hall–Kier alpha value is -4.73. The molecule has 0 bridgehead atoms. The summed E-state index contributed by atoms with van der Waals surface area (Å²) in [6, 6.07) is 15.0. The molecule has 39 heavy (non-hydrogen) atoms. The molecule has 0 fully saturated rings. The SMILES string of the molecule is COCCOc1cc2nccc(Oc3ccc(N(C(N)=O)c4cccc(S(C)(=O)=O)c4)c(F)c3)c2cc1C#N. The molecule has 0 aliphatic heterocycles. The highest BCUT2D eigenvalue weighted by Crippen LogP contribution is 2.36. The summed E-state index contributed by atoms with van der Waals surface area (Å²) in [5, 5.41) is 10.1. The van der Waals surface area contributed by atoms with E-state index in [2.05, 4.69) is 11.1 Å². The van der Waals surface area contributed by atoms with Crippen molar-refractivity contribution < 1.29 is 31.8 Å². The molecule has 0 radical (unpaired) electrons. The third-order valence-corrected chi connectivity index (χ3v) is 6.69. The van der Waals surface area contributed by atoms with E-state index in [9.17, 15) is 18.5 Å². The van der Waals surface area contributed by atoms with Gasteiger partial charge in [0, 0.05) is 37.1 Å². The molecule has 0 saturated heterocycles. The van der Waals surface area contributed by atoms with Crippen molar-refractivity contribution in [1.82, 2.24) is 4.98 Å². The van der Waals surface area contributed by atoms with Crippen LogP contribution in [0.3, 0.4) is 0 Å². The Balaban J connectivity index is 1.67. The lowest BCUT2D eigenvalue weighted by atomic mass is 10.1. The summed E-state index contributed by atoms with van der Waals surface area (Å²) >= 11 is 0. The van der Waals surface area contributed by atoms with Gasteiger partial charge >= 0.3 is 6.03 Å². The van der Waals surface area contributed by atoms with Gasteiger partial charge in [0.1, 0.15) is 29.9 Å². The number of aromatic nitrogens is 1. The fourth-order valence-electron chi connectivity index (χ4n) is 3.78. The van der Waals surface area contributed by atoms with Gasteiger partial charge in [0.2, 0.25) is 0 Å². The second-order valence-corrected chi connectivity index (χ2v) is 10.3. The fraction of sp³-hybridized carbons (Fsp3) is 0.148. The van der Waals surface area contributed by atoms with Gasteiger partial charge in [-0.2, -0.15) is 5.26 Å². The molecule has 4 aromatic rings. The number of methoxy groups -OCH3 is 1. The molecule has 0 aliphatic carbocycles. The number of hydrogen-bond donors (Lipinski definition) is 1. The van der Waals surface area contributed by atoms with E-state index in [0.29, 0.717) is 29.0 Å². The third-order valence-electron chi connectivity index (χ3n) is 5.58. The molecule has 3 aromatic carbocycles. The highest BCUT2D eigenvalue weighted by atomic mass is 32.2. The number of hydrogen-bond acceptors (Lipinski definition) is 8. The van der Waals surface area contributed by atoms with Gasteiger partial charge in [0.05, 0.1) is 34.0 Å². The number of ether oxygens (including phenoxy) is 3. The first kappa shape index (κ1) is 27.3. The van der Waals surface area contributed by atoms with Crippen molar-refractivity contribution in [3.63, 3.8) is 0 Å². The standard InChI is InChI=1S/C27H23FN4O6S/c1-36-10-11-37-26-15-23-21(12-17(26)16-29)25(8-9-31-23)38-19-6-7-24(22(28)14-19)32(27(30)33)18-4-3-5-20(13-18)39(2,34)35/h3-9,12-15H,10-11H2,1-2H3,(H2,30,33). The lowest BCUT2D eigenvalue weighted by Gasteiger charge is -2.22. The molecular weight excluding hydrogens is 527 g/mol. The molecule has 1 aromatic heterocycles. The molecule has 0 atom stereocenters. The number of rotatable bonds is 9. The maximum atomic E-state index is 15.3. The van der Waals surface area contributed by atoms with Crippen molar-refractivity contribution in [3.05, 3.63) is 78.2 Å². The molecule has 200 valence electrons. The van der Waals surface area contributed by atoms with Crippen molar-refractivity contribution in [2.45, 2.75) is 4.90 Å². The van der Waals surface area contributed by atoms with Crippen LogP contribution in [-0.2, 0) is 14.6 Å². The molecular formula is C27H23FN4O6S. The number of pyridine rings is 1. The maximum absolute atomic E-state index is 15.3. The summed E-state index contributed by atoms with van der Waals surface area (Å²) in [7, 11) is -2.04. The lowest BCUT2D eigenvalue weighted by Crippen LogP contribution is -2.32. The Bertz CT molecular complexity index is 1700. The first-order chi connectivity index (χ1) is 18.6. The zero-order chi connectivity index (χ0) is 28.2. The van der Waals surface area contributed by atoms with Crippen LogP contribution >= 0.6 is 0 Å². The second kappa shape index (κ2) is 11.3. The van der Waals surface area contributed by atoms with Crippen LogP contribution < -0.4 is 20.1 Å². The van der Waals surface area contributed by atoms with Crippen LogP contribution in [0.15, 0.2) is 71.8 Å². The maximum Gasteiger partial charge on any atom is 0.323 e. The van der Waals surface area contributed by atoms with Gasteiger partial charge in [0.15, 0.2) is 15.7 Å². The Kier molecular flexibility index (Phi) is 7.94. The van der Waals surface area contributed by atoms with E-state index in [4.69, 9.17) is 19.9 Å². The van der Waals surface area contributed by atoms with Gasteiger partial charge in [-0.25, -0.2) is 17.6 Å². The Morgan fingerprint density at radius 3 is 2.56 bits per heavy atom. The van der Waals surface area contributed by atoms with Gasteiger partial charge in [-0.1, -0.05) is 6.07 Å². The van der Waals surface area contributed by atoms with Crippen LogP contribution in [0.2, 0.25) is 0 Å². The average molecular weight is 551 g/mol. The quantitative estimate of drug-likeness (QED) is 0.296. The number of primary amides is 1. The highest BCUT2D eigenvalue weighted by molar-refractivity contribution is 7.90. The largest absolute Gasteiger partial charge is 0.490 e. The summed E-state index contributed by atoms with van der Waals surface area (Å²) in [4.78, 5) is 17.4. The van der Waals surface area contributed by atoms with Crippen LogP contribution in [0.5, 0.6) is 17.2 Å². The molecule has 4 rings (SSSR count). The normalized spacial score (nSPS) is 11.1. The van der Waals surface area contributed by atoms with E-state index < -0.39 is 21.7 Å². The van der Waals surface area contributed by atoms with Crippen molar-refractivity contribution in [2.24, 2.45) is 5.73 Å². The molecule has 10 nitrogen and oxygen atoms in total. The zero-order valence-electron chi connectivity index (χ0n) is 20.9. The van der Waals surface area contributed by atoms with Crippen LogP contribution in [0.25, 0.3) is 10.9 Å². The summed E-state index contributed by atoms with van der Waals surface area (Å²) in [5.41, 5.74) is 6.13. The number of amides is 2. The number of halogens is 1. The van der Waals surface area contributed by atoms with Crippen LogP contribution in [-0.4, -0.2) is 46.0 Å². The van der Waals surface area contributed by atoms with Crippen LogP contribution in [0.1, 0.15) is 5.56 Å². The van der Waals surface area contributed by atoms with Crippen molar-refractivity contribution in [1.29, 1.82) is 5.26 Å². The number of nitriles is 1. The number of carbonyl (C=O) groups excluding carboxylic acids is 1. The van der Waals surface area contributed by atoms with E-state index in [1.54, 1.807) is 18.2 Å². The number of fused-ring (bicyclic) bond motifs is 1. The fourth-order valence-corrected chi connectivity index (χ4v) is 4.44. The number of carbonyl (C=O) groups is 1. The smallest absolute Gasteiger partial charge is 0.323 e. The van der Waals surface area contributed by atoms with Gasteiger partial charge in [0.25, 0.3) is 0 Å². The van der Waals surface area contributed by atoms with Crippen LogP contribution in [0, 0.1) is 17.1 Å². The van der Waals surface area contributed by atoms with Gasteiger partial charge in [-0.15, -0.1) is 0 Å². The molecule has 0 aliphatic rings. The minimum absolute atomic E-state index is 0.0554. The Morgan fingerprint density at radius 2 is 1.90 bits per heavy atom. The average Bonchev–Trinajstić information content (AvgIpc) is 2.89. The van der Waals surface area contributed by atoms with Gasteiger partial charge in [-0.3, -0.25) is 9.88 Å². The lowest BCUT2D eigenvalue weighted by molar-refractivity contribution is 0.146. The number of nitrogens with two attached hydrogens (primary N) is 1. The predicted octanol–water partition coefficient (Wildman–Crippen LogP) is 4.68. The molecule has 2 N–H and O–H groups in total. The Morgan fingerprint density at radius 1 is 1.10 bits per heavy atom. The van der Waals surface area contributed by atoms with Gasteiger partial charge < -0.3 is 19.9 Å². The predicted molar refractivity (Wildman–Crippen MR) is 142 cm³/mol. The highest BCUT2D eigenvalue weighted by Gasteiger charge is 2.21. The van der Waals surface area contributed by atoms with Crippen molar-refractivity contribution in [3.8, 4) is 23.3 Å². The number of nitrogens with zero attached hydrogens (tertiary/aromatic N) is 3. The number of benzene rings is 3. The molecule has 0 unspecified atom stereocenters. The Labute approximate surface area is 223 Å². The minimum Gasteiger partial charge on any atom is -0.490 e. The second-order valence-electron chi connectivity index (χ2n) is 8.29. The minimum atomic E-state index is -3.58. The number of anilines is 2. The summed E-state index contributed by atoms with van der Waals surface area (Å²) in [6.45, 7) is 0.594. The van der Waals surface area contributed by atoms with Gasteiger partial charge in [-0.05, 0) is 42.5 Å². The summed E-state index contributed by atoms with van der Waals surface area (Å²) < 4.78 is 55.7. The van der Waals surface area contributed by atoms with Crippen LogP contribution in [0.4, 0.5) is 20.6 Å². The van der Waals surface area contributed by atoms with E-state index >= 15 is 4.39 Å². The molecule has 12 heteroatoms.